The Morgan fingerprint density at radius 3 is 3.06 bits per heavy atom. The minimum Gasteiger partial charge on any atom is -0.307 e. The van der Waals surface area contributed by atoms with E-state index < -0.39 is 0 Å². The Bertz CT molecular complexity index is 495. The van der Waals surface area contributed by atoms with Gasteiger partial charge in [-0.15, -0.1) is 0 Å². The van der Waals surface area contributed by atoms with E-state index >= 15 is 0 Å². The summed E-state index contributed by atoms with van der Waals surface area (Å²) in [7, 11) is 0. The molecule has 2 heterocycles. The van der Waals surface area contributed by atoms with Crippen LogP contribution in [0.2, 0.25) is 0 Å². The van der Waals surface area contributed by atoms with E-state index in [1.807, 2.05) is 11.6 Å². The fraction of sp³-hybridized carbons (Fsp3) is 0.222. The Morgan fingerprint density at radius 2 is 2.50 bits per heavy atom. The molecule has 1 aliphatic rings. The first kappa shape index (κ1) is 11.8. The zero-order valence-corrected chi connectivity index (χ0v) is 11.6. The van der Waals surface area contributed by atoms with Gasteiger partial charge in [-0.3, -0.25) is 9.48 Å². The Hall–Kier alpha value is -0.660. The molecule has 16 heavy (non-hydrogen) atoms. The van der Waals surface area contributed by atoms with Crippen molar-refractivity contribution < 1.29 is 4.79 Å². The monoisotopic (exact) mass is 317 g/mol. The first-order chi connectivity index (χ1) is 7.61. The Morgan fingerprint density at radius 1 is 1.75 bits per heavy atom. The van der Waals surface area contributed by atoms with Gasteiger partial charge in [0.05, 0.1) is 21.3 Å². The lowest BCUT2D eigenvalue weighted by atomic mass is 10.3. The van der Waals surface area contributed by atoms with Crippen molar-refractivity contribution in [2.24, 2.45) is 0 Å². The van der Waals surface area contributed by atoms with E-state index in [-0.39, 0.29) is 5.91 Å². The molecule has 0 radical (unpaired) electrons. The predicted molar refractivity (Wildman–Crippen MR) is 71.9 cm³/mol. The third-order valence-corrected chi connectivity index (χ3v) is 3.82. The normalized spacial score (nSPS) is 18.2. The fourth-order valence-electron chi connectivity index (χ4n) is 1.31. The van der Waals surface area contributed by atoms with Crippen LogP contribution in [0.4, 0.5) is 0 Å². The van der Waals surface area contributed by atoms with Crippen LogP contribution in [0.15, 0.2) is 15.6 Å². The van der Waals surface area contributed by atoms with Crippen LogP contribution in [0.25, 0.3) is 6.08 Å². The van der Waals surface area contributed by atoms with Crippen LogP contribution < -0.4 is 5.32 Å². The van der Waals surface area contributed by atoms with Gasteiger partial charge in [0.2, 0.25) is 0 Å². The molecule has 1 fully saturated rings. The maximum atomic E-state index is 11.5. The number of carbonyl (C=O) groups excluding carboxylic acids is 1. The van der Waals surface area contributed by atoms with Gasteiger partial charge in [-0.25, -0.2) is 0 Å². The van der Waals surface area contributed by atoms with E-state index in [0.717, 1.165) is 16.7 Å². The SMILES string of the molecule is CCn1ncc(Br)c1/C=C1/SC(=S)NC1=O. The van der Waals surface area contributed by atoms with Gasteiger partial charge in [0, 0.05) is 6.54 Å². The van der Waals surface area contributed by atoms with Crippen LogP contribution in [-0.4, -0.2) is 20.0 Å². The van der Waals surface area contributed by atoms with E-state index in [0.29, 0.717) is 9.23 Å². The molecule has 1 aromatic heterocycles. The van der Waals surface area contributed by atoms with Crippen LogP contribution in [0.3, 0.4) is 0 Å². The molecule has 0 unspecified atom stereocenters. The number of aryl methyl sites for hydroxylation is 1. The molecule has 1 aliphatic heterocycles. The highest BCUT2D eigenvalue weighted by molar-refractivity contribution is 9.10. The van der Waals surface area contributed by atoms with Gasteiger partial charge in [-0.05, 0) is 28.9 Å². The number of hydrogen-bond acceptors (Lipinski definition) is 4. The Kier molecular flexibility index (Phi) is 3.46. The van der Waals surface area contributed by atoms with E-state index in [1.54, 1.807) is 12.3 Å². The Labute approximate surface area is 111 Å². The van der Waals surface area contributed by atoms with Crippen LogP contribution >= 0.6 is 39.9 Å². The fourth-order valence-corrected chi connectivity index (χ4v) is 2.74. The van der Waals surface area contributed by atoms with E-state index in [9.17, 15) is 4.79 Å². The van der Waals surface area contributed by atoms with Gasteiger partial charge in [0.25, 0.3) is 5.91 Å². The molecule has 0 saturated carbocycles. The quantitative estimate of drug-likeness (QED) is 0.670. The summed E-state index contributed by atoms with van der Waals surface area (Å²) >= 11 is 9.59. The van der Waals surface area contributed by atoms with Gasteiger partial charge in [-0.1, -0.05) is 24.0 Å². The van der Waals surface area contributed by atoms with Gasteiger partial charge in [0.1, 0.15) is 4.32 Å². The standard InChI is InChI=1S/C9H8BrN3OS2/c1-2-13-6(5(10)4-11-13)3-7-8(14)12-9(15)16-7/h3-4H,2H2,1H3,(H,12,14,15)/b7-3+. The molecule has 7 heteroatoms. The van der Waals surface area contributed by atoms with Gasteiger partial charge < -0.3 is 5.32 Å². The maximum absolute atomic E-state index is 11.5. The lowest BCUT2D eigenvalue weighted by molar-refractivity contribution is -0.115. The Balaban J connectivity index is 2.39. The molecular formula is C9H8BrN3OS2. The number of hydrogen-bond donors (Lipinski definition) is 1. The molecule has 0 aromatic carbocycles. The zero-order chi connectivity index (χ0) is 11.7. The molecule has 1 saturated heterocycles. The number of halogens is 1. The van der Waals surface area contributed by atoms with Crippen molar-refractivity contribution in [3.63, 3.8) is 0 Å². The average Bonchev–Trinajstić information content (AvgIpc) is 2.73. The average molecular weight is 318 g/mol. The molecule has 1 amide bonds. The molecule has 0 aliphatic carbocycles. The summed E-state index contributed by atoms with van der Waals surface area (Å²) in [6.45, 7) is 2.75. The van der Waals surface area contributed by atoms with Crippen molar-refractivity contribution in [2.45, 2.75) is 13.5 Å². The molecule has 1 N–H and O–H groups in total. The number of amides is 1. The largest absolute Gasteiger partial charge is 0.307 e. The lowest BCUT2D eigenvalue weighted by Gasteiger charge is -2.00. The molecular weight excluding hydrogens is 310 g/mol. The number of nitrogens with one attached hydrogen (secondary N) is 1. The van der Waals surface area contributed by atoms with E-state index in [2.05, 4.69) is 26.3 Å². The molecule has 0 atom stereocenters. The summed E-state index contributed by atoms with van der Waals surface area (Å²) in [5.74, 6) is -0.147. The highest BCUT2D eigenvalue weighted by Gasteiger charge is 2.23. The minimum atomic E-state index is -0.147. The van der Waals surface area contributed by atoms with Crippen LogP contribution in [0.5, 0.6) is 0 Å². The smallest absolute Gasteiger partial charge is 0.263 e. The number of carbonyl (C=O) groups is 1. The maximum Gasteiger partial charge on any atom is 0.263 e. The van der Waals surface area contributed by atoms with Crippen molar-refractivity contribution in [3.05, 3.63) is 21.3 Å². The van der Waals surface area contributed by atoms with Crippen molar-refractivity contribution in [2.75, 3.05) is 0 Å². The first-order valence-corrected chi connectivity index (χ1v) is 6.59. The first-order valence-electron chi connectivity index (χ1n) is 4.58. The second kappa shape index (κ2) is 4.68. The second-order valence-corrected chi connectivity index (χ2v) is 5.62. The van der Waals surface area contributed by atoms with Crippen LogP contribution in [0.1, 0.15) is 12.6 Å². The van der Waals surface area contributed by atoms with Crippen molar-refractivity contribution >= 4 is 56.2 Å². The van der Waals surface area contributed by atoms with Crippen LogP contribution in [0, 0.1) is 0 Å². The van der Waals surface area contributed by atoms with E-state index in [4.69, 9.17) is 12.2 Å². The summed E-state index contributed by atoms with van der Waals surface area (Å²) in [5, 5.41) is 6.75. The second-order valence-electron chi connectivity index (χ2n) is 3.05. The number of aromatic nitrogens is 2. The lowest BCUT2D eigenvalue weighted by Crippen LogP contribution is -2.17. The third-order valence-electron chi connectivity index (χ3n) is 2.04. The summed E-state index contributed by atoms with van der Waals surface area (Å²) in [4.78, 5) is 12.1. The molecule has 0 spiro atoms. The molecule has 1 aromatic rings. The molecule has 84 valence electrons. The van der Waals surface area contributed by atoms with Crippen LogP contribution in [-0.2, 0) is 11.3 Å². The molecule has 4 nitrogen and oxygen atoms in total. The van der Waals surface area contributed by atoms with Gasteiger partial charge >= 0.3 is 0 Å². The third kappa shape index (κ3) is 2.21. The van der Waals surface area contributed by atoms with Crippen molar-refractivity contribution in [1.29, 1.82) is 0 Å². The van der Waals surface area contributed by atoms with Crippen molar-refractivity contribution in [3.8, 4) is 0 Å². The zero-order valence-electron chi connectivity index (χ0n) is 8.36. The number of nitrogens with zero attached hydrogens (tertiary/aromatic N) is 2. The summed E-state index contributed by atoms with van der Waals surface area (Å²) in [5.41, 5.74) is 0.879. The summed E-state index contributed by atoms with van der Waals surface area (Å²) < 4.78 is 3.18. The number of rotatable bonds is 2. The highest BCUT2D eigenvalue weighted by Crippen LogP contribution is 2.28. The number of thiocarbonyl (C=S) groups is 1. The predicted octanol–water partition coefficient (Wildman–Crippen LogP) is 2.15. The minimum absolute atomic E-state index is 0.147. The molecule has 0 bridgehead atoms. The highest BCUT2D eigenvalue weighted by atomic mass is 79.9. The van der Waals surface area contributed by atoms with Gasteiger partial charge in [0.15, 0.2) is 0 Å². The summed E-state index contributed by atoms with van der Waals surface area (Å²) in [6.07, 6.45) is 3.51. The van der Waals surface area contributed by atoms with Crippen molar-refractivity contribution in [1.82, 2.24) is 15.1 Å². The molecule has 2 rings (SSSR count). The number of thioether (sulfide) groups is 1. The van der Waals surface area contributed by atoms with Gasteiger partial charge in [-0.2, -0.15) is 5.10 Å². The topological polar surface area (TPSA) is 46.9 Å². The van der Waals surface area contributed by atoms with E-state index in [1.165, 1.54) is 11.8 Å². The summed E-state index contributed by atoms with van der Waals surface area (Å²) in [6, 6.07) is 0.